The molecule has 1 aliphatic carbocycles. The summed E-state index contributed by atoms with van der Waals surface area (Å²) in [5.41, 5.74) is 4.34. The molecule has 4 rings (SSSR count). The molecule has 2 aromatic rings. The van der Waals surface area contributed by atoms with Crippen LogP contribution in [0.2, 0.25) is 0 Å². The first kappa shape index (κ1) is 18.5. The van der Waals surface area contributed by atoms with E-state index in [1.54, 1.807) is 0 Å². The van der Waals surface area contributed by atoms with Gasteiger partial charge in [0.15, 0.2) is 9.84 Å². The Hall–Kier alpha value is -2.87. The summed E-state index contributed by atoms with van der Waals surface area (Å²) >= 11 is 0. The van der Waals surface area contributed by atoms with Crippen molar-refractivity contribution in [2.75, 3.05) is 26.0 Å². The van der Waals surface area contributed by atoms with Crippen molar-refractivity contribution >= 4 is 21.9 Å². The number of hydrogen-bond donors (Lipinski definition) is 1. The predicted octanol–water partition coefficient (Wildman–Crippen LogP) is 2.12. The second-order valence-corrected chi connectivity index (χ2v) is 9.56. The number of carbonyl (C=O) groups excluding carboxylic acids is 1. The highest BCUT2D eigenvalue weighted by Gasteiger charge is 2.59. The standard InChI is InChI=1S/C20H19NO6S/c1-28(25,26)20(18(22)23)11-21(12-20)19(24)27-10-17-15-8-4-2-6-13(15)14-7-3-5-9-16(14)17/h2-9,17H,10-12H2,1H3,(H,22,23). The number of carboxylic acid groups (broad SMARTS) is 1. The lowest BCUT2D eigenvalue weighted by molar-refractivity contribution is -0.144. The molecule has 2 aliphatic rings. The Morgan fingerprint density at radius 3 is 2.04 bits per heavy atom. The van der Waals surface area contributed by atoms with Gasteiger partial charge in [0.2, 0.25) is 4.75 Å². The highest BCUT2D eigenvalue weighted by molar-refractivity contribution is 7.93. The number of ether oxygens (including phenoxy) is 1. The lowest BCUT2D eigenvalue weighted by atomic mass is 9.98. The van der Waals surface area contributed by atoms with Gasteiger partial charge in [-0.3, -0.25) is 4.79 Å². The Labute approximate surface area is 162 Å². The SMILES string of the molecule is CS(=O)(=O)C1(C(=O)O)CN(C(=O)OCC2c3ccccc3-c3ccccc32)C1. The van der Waals surface area contributed by atoms with Gasteiger partial charge in [-0.15, -0.1) is 0 Å². The van der Waals surface area contributed by atoms with E-state index in [1.165, 1.54) is 0 Å². The molecular formula is C20H19NO6S. The fourth-order valence-corrected chi connectivity index (χ4v) is 5.01. The minimum absolute atomic E-state index is 0.0995. The van der Waals surface area contributed by atoms with Crippen LogP contribution in [0.15, 0.2) is 48.5 Å². The molecular weight excluding hydrogens is 382 g/mol. The summed E-state index contributed by atoms with van der Waals surface area (Å²) in [7, 11) is -3.85. The van der Waals surface area contributed by atoms with Crippen LogP contribution >= 0.6 is 0 Å². The first-order valence-electron chi connectivity index (χ1n) is 8.77. The van der Waals surface area contributed by atoms with Crippen LogP contribution < -0.4 is 0 Å². The van der Waals surface area contributed by atoms with E-state index in [2.05, 4.69) is 0 Å². The minimum Gasteiger partial charge on any atom is -0.480 e. The molecule has 2 aromatic carbocycles. The van der Waals surface area contributed by atoms with Crippen LogP contribution in [0, 0.1) is 0 Å². The summed E-state index contributed by atoms with van der Waals surface area (Å²) in [6.45, 7) is -0.710. The van der Waals surface area contributed by atoms with Gasteiger partial charge in [-0.1, -0.05) is 48.5 Å². The molecule has 0 unspecified atom stereocenters. The molecule has 1 aliphatic heterocycles. The molecule has 1 saturated heterocycles. The first-order chi connectivity index (χ1) is 13.2. The van der Waals surface area contributed by atoms with Gasteiger partial charge < -0.3 is 14.7 Å². The molecule has 0 atom stereocenters. The molecule has 8 heteroatoms. The lowest BCUT2D eigenvalue weighted by Gasteiger charge is -2.44. The quantitative estimate of drug-likeness (QED) is 0.842. The predicted molar refractivity (Wildman–Crippen MR) is 102 cm³/mol. The van der Waals surface area contributed by atoms with Crippen LogP contribution in [0.25, 0.3) is 11.1 Å². The highest BCUT2D eigenvalue weighted by atomic mass is 32.2. The summed E-state index contributed by atoms with van der Waals surface area (Å²) in [5.74, 6) is -1.56. The maximum absolute atomic E-state index is 12.4. The lowest BCUT2D eigenvalue weighted by Crippen LogP contribution is -2.70. The van der Waals surface area contributed by atoms with Crippen LogP contribution in [0.1, 0.15) is 17.0 Å². The number of amides is 1. The average Bonchev–Trinajstić information content (AvgIpc) is 2.91. The van der Waals surface area contributed by atoms with E-state index in [1.807, 2.05) is 48.5 Å². The Bertz CT molecular complexity index is 1030. The molecule has 0 radical (unpaired) electrons. The van der Waals surface area contributed by atoms with Crippen molar-refractivity contribution in [3.8, 4) is 11.1 Å². The molecule has 1 heterocycles. The van der Waals surface area contributed by atoms with Gasteiger partial charge in [0, 0.05) is 12.2 Å². The number of fused-ring (bicyclic) bond motifs is 3. The van der Waals surface area contributed by atoms with E-state index in [-0.39, 0.29) is 12.5 Å². The number of sulfone groups is 1. The van der Waals surface area contributed by atoms with Crippen LogP contribution in [-0.4, -0.2) is 61.2 Å². The van der Waals surface area contributed by atoms with E-state index < -0.39 is 39.7 Å². The smallest absolute Gasteiger partial charge is 0.409 e. The van der Waals surface area contributed by atoms with Gasteiger partial charge in [0.05, 0.1) is 13.1 Å². The fourth-order valence-electron chi connectivity index (χ4n) is 3.91. The number of benzene rings is 2. The van der Waals surface area contributed by atoms with Gasteiger partial charge >= 0.3 is 12.1 Å². The molecule has 1 N–H and O–H groups in total. The Kier molecular flexibility index (Phi) is 4.19. The van der Waals surface area contributed by atoms with E-state index >= 15 is 0 Å². The van der Waals surface area contributed by atoms with Crippen molar-refractivity contribution in [1.82, 2.24) is 4.90 Å². The van der Waals surface area contributed by atoms with Crippen molar-refractivity contribution in [3.05, 3.63) is 59.7 Å². The molecule has 0 spiro atoms. The van der Waals surface area contributed by atoms with E-state index in [9.17, 15) is 23.1 Å². The molecule has 7 nitrogen and oxygen atoms in total. The molecule has 1 fully saturated rings. The van der Waals surface area contributed by atoms with Crippen molar-refractivity contribution < 1.29 is 27.9 Å². The van der Waals surface area contributed by atoms with Crippen molar-refractivity contribution in [2.45, 2.75) is 10.7 Å². The van der Waals surface area contributed by atoms with E-state index in [0.29, 0.717) is 0 Å². The molecule has 1 amide bonds. The monoisotopic (exact) mass is 401 g/mol. The van der Waals surface area contributed by atoms with Crippen molar-refractivity contribution in [3.63, 3.8) is 0 Å². The summed E-state index contributed by atoms with van der Waals surface area (Å²) in [6.07, 6.45) is 0.165. The Morgan fingerprint density at radius 2 is 1.57 bits per heavy atom. The third-order valence-corrected chi connectivity index (χ3v) is 7.44. The van der Waals surface area contributed by atoms with Gasteiger partial charge in [0.25, 0.3) is 0 Å². The molecule has 0 bridgehead atoms. The number of likely N-dealkylation sites (tertiary alicyclic amines) is 1. The third-order valence-electron chi connectivity index (χ3n) is 5.59. The van der Waals surface area contributed by atoms with Crippen LogP contribution in [0.5, 0.6) is 0 Å². The second-order valence-electron chi connectivity index (χ2n) is 7.23. The normalized spacial score (nSPS) is 17.4. The van der Waals surface area contributed by atoms with E-state index in [0.717, 1.165) is 33.4 Å². The number of hydrogen-bond acceptors (Lipinski definition) is 5. The first-order valence-corrected chi connectivity index (χ1v) is 10.7. The number of nitrogens with zero attached hydrogens (tertiary/aromatic N) is 1. The summed E-state index contributed by atoms with van der Waals surface area (Å²) in [6, 6.07) is 15.8. The largest absolute Gasteiger partial charge is 0.480 e. The Morgan fingerprint density at radius 1 is 1.07 bits per heavy atom. The zero-order chi connectivity index (χ0) is 20.1. The minimum atomic E-state index is -3.85. The average molecular weight is 401 g/mol. The number of aliphatic carboxylic acids is 1. The Balaban J connectivity index is 1.48. The van der Waals surface area contributed by atoms with Gasteiger partial charge in [-0.05, 0) is 22.3 Å². The van der Waals surface area contributed by atoms with Gasteiger partial charge in [0.1, 0.15) is 6.61 Å². The van der Waals surface area contributed by atoms with Gasteiger partial charge in [-0.2, -0.15) is 0 Å². The van der Waals surface area contributed by atoms with Crippen LogP contribution in [0.3, 0.4) is 0 Å². The number of carbonyl (C=O) groups is 2. The highest BCUT2D eigenvalue weighted by Crippen LogP contribution is 2.44. The van der Waals surface area contributed by atoms with Crippen LogP contribution in [-0.2, 0) is 19.4 Å². The van der Waals surface area contributed by atoms with Crippen molar-refractivity contribution in [2.24, 2.45) is 0 Å². The summed E-state index contributed by atoms with van der Waals surface area (Å²) in [5, 5.41) is 9.28. The zero-order valence-electron chi connectivity index (χ0n) is 15.2. The van der Waals surface area contributed by atoms with Crippen molar-refractivity contribution in [1.29, 1.82) is 0 Å². The second kappa shape index (κ2) is 6.34. The third kappa shape index (κ3) is 2.67. The maximum atomic E-state index is 12.4. The van der Waals surface area contributed by atoms with E-state index in [4.69, 9.17) is 4.74 Å². The maximum Gasteiger partial charge on any atom is 0.409 e. The molecule has 0 aromatic heterocycles. The number of rotatable bonds is 4. The molecule has 28 heavy (non-hydrogen) atoms. The zero-order valence-corrected chi connectivity index (χ0v) is 16.0. The van der Waals surface area contributed by atoms with Gasteiger partial charge in [-0.25, -0.2) is 13.2 Å². The molecule has 0 saturated carbocycles. The number of carboxylic acids is 1. The summed E-state index contributed by atoms with van der Waals surface area (Å²) in [4.78, 5) is 24.9. The topological polar surface area (TPSA) is 101 Å². The summed E-state index contributed by atoms with van der Waals surface area (Å²) < 4.78 is 27.1. The fraction of sp³-hybridized carbons (Fsp3) is 0.300. The van der Waals surface area contributed by atoms with Crippen LogP contribution in [0.4, 0.5) is 4.79 Å². The molecule has 146 valence electrons.